The number of nitrogen functional groups attached to an aromatic ring is 1. The average molecular weight is 246 g/mol. The van der Waals surface area contributed by atoms with E-state index in [1.165, 1.54) is 19.2 Å². The van der Waals surface area contributed by atoms with Crippen LogP contribution in [-0.2, 0) is 10.0 Å². The van der Waals surface area contributed by atoms with Gasteiger partial charge in [-0.05, 0) is 24.6 Å². The van der Waals surface area contributed by atoms with Crippen LogP contribution in [0.2, 0.25) is 0 Å². The Morgan fingerprint density at radius 2 is 2.06 bits per heavy atom. The molecule has 4 nitrogen and oxygen atoms in total. The maximum absolute atomic E-state index is 13.5. The quantitative estimate of drug-likeness (QED) is 0.818. The molecular formula is C10H15FN2O2S. The van der Waals surface area contributed by atoms with E-state index in [4.69, 9.17) is 5.73 Å². The van der Waals surface area contributed by atoms with Gasteiger partial charge in [0.2, 0.25) is 10.0 Å². The highest BCUT2D eigenvalue weighted by Crippen LogP contribution is 2.20. The molecule has 16 heavy (non-hydrogen) atoms. The predicted molar refractivity (Wildman–Crippen MR) is 60.9 cm³/mol. The highest BCUT2D eigenvalue weighted by Gasteiger charge is 2.23. The lowest BCUT2D eigenvalue weighted by Crippen LogP contribution is -2.28. The summed E-state index contributed by atoms with van der Waals surface area (Å²) in [6.45, 7) is 2.21. The normalized spacial score (nSPS) is 12.0. The van der Waals surface area contributed by atoms with E-state index in [0.29, 0.717) is 13.0 Å². The van der Waals surface area contributed by atoms with Gasteiger partial charge in [-0.3, -0.25) is 0 Å². The summed E-state index contributed by atoms with van der Waals surface area (Å²) in [6, 6.07) is 3.56. The highest BCUT2D eigenvalue weighted by atomic mass is 32.2. The van der Waals surface area contributed by atoms with Gasteiger partial charge >= 0.3 is 0 Å². The Bertz CT molecular complexity index is 474. The molecule has 1 aromatic carbocycles. The van der Waals surface area contributed by atoms with Gasteiger partial charge in [-0.2, -0.15) is 0 Å². The minimum Gasteiger partial charge on any atom is -0.399 e. The molecule has 0 fully saturated rings. The largest absolute Gasteiger partial charge is 0.399 e. The van der Waals surface area contributed by atoms with Crippen molar-refractivity contribution in [2.75, 3.05) is 19.3 Å². The lowest BCUT2D eigenvalue weighted by molar-refractivity contribution is 0.462. The van der Waals surface area contributed by atoms with E-state index in [9.17, 15) is 12.8 Å². The van der Waals surface area contributed by atoms with Crippen LogP contribution in [0, 0.1) is 5.82 Å². The molecule has 0 saturated carbocycles. The van der Waals surface area contributed by atoms with Crippen molar-refractivity contribution >= 4 is 15.7 Å². The zero-order valence-corrected chi connectivity index (χ0v) is 10.1. The van der Waals surface area contributed by atoms with Crippen molar-refractivity contribution in [1.82, 2.24) is 4.31 Å². The SMILES string of the molecule is CCCN(C)S(=O)(=O)c1ccc(N)cc1F. The first-order valence-corrected chi connectivity index (χ1v) is 6.35. The first-order valence-electron chi connectivity index (χ1n) is 4.91. The van der Waals surface area contributed by atoms with E-state index in [0.717, 1.165) is 10.4 Å². The fraction of sp³-hybridized carbons (Fsp3) is 0.400. The van der Waals surface area contributed by atoms with E-state index in [1.54, 1.807) is 0 Å². The molecule has 0 aliphatic heterocycles. The molecular weight excluding hydrogens is 231 g/mol. The van der Waals surface area contributed by atoms with Crippen molar-refractivity contribution in [3.8, 4) is 0 Å². The van der Waals surface area contributed by atoms with Crippen molar-refractivity contribution in [2.45, 2.75) is 18.2 Å². The molecule has 6 heteroatoms. The molecule has 0 aliphatic carbocycles. The number of anilines is 1. The number of benzene rings is 1. The molecule has 0 amide bonds. The van der Waals surface area contributed by atoms with E-state index < -0.39 is 15.8 Å². The Labute approximate surface area is 94.9 Å². The molecule has 2 N–H and O–H groups in total. The van der Waals surface area contributed by atoms with Crippen LogP contribution in [0.3, 0.4) is 0 Å². The number of hydrogen-bond acceptors (Lipinski definition) is 3. The Kier molecular flexibility index (Phi) is 3.88. The van der Waals surface area contributed by atoms with Crippen LogP contribution in [-0.4, -0.2) is 26.3 Å². The van der Waals surface area contributed by atoms with Gasteiger partial charge < -0.3 is 5.73 Å². The highest BCUT2D eigenvalue weighted by molar-refractivity contribution is 7.89. The van der Waals surface area contributed by atoms with Crippen molar-refractivity contribution in [3.05, 3.63) is 24.0 Å². The summed E-state index contributed by atoms with van der Waals surface area (Å²) in [6.07, 6.45) is 0.673. The Hall–Kier alpha value is -1.14. The zero-order chi connectivity index (χ0) is 12.3. The van der Waals surface area contributed by atoms with Crippen molar-refractivity contribution in [3.63, 3.8) is 0 Å². The standard InChI is InChI=1S/C10H15FN2O2S/c1-3-6-13(2)16(14,15)10-5-4-8(12)7-9(10)11/h4-5,7H,3,6,12H2,1-2H3. The third-order valence-electron chi connectivity index (χ3n) is 2.18. The smallest absolute Gasteiger partial charge is 0.245 e. The molecule has 0 aromatic heterocycles. The molecule has 0 atom stereocenters. The number of nitrogens with zero attached hydrogens (tertiary/aromatic N) is 1. The first kappa shape index (κ1) is 12.9. The van der Waals surface area contributed by atoms with Crippen LogP contribution < -0.4 is 5.73 Å². The summed E-state index contributed by atoms with van der Waals surface area (Å²) in [5.74, 6) is -0.817. The van der Waals surface area contributed by atoms with Gasteiger partial charge in [-0.15, -0.1) is 0 Å². The molecule has 0 radical (unpaired) electrons. The van der Waals surface area contributed by atoms with Crippen LogP contribution in [0.15, 0.2) is 23.1 Å². The third-order valence-corrected chi connectivity index (χ3v) is 4.07. The van der Waals surface area contributed by atoms with E-state index in [2.05, 4.69) is 0 Å². The summed E-state index contributed by atoms with van der Waals surface area (Å²) >= 11 is 0. The molecule has 1 aromatic rings. The van der Waals surface area contributed by atoms with Gasteiger partial charge in [-0.1, -0.05) is 6.92 Å². The summed E-state index contributed by atoms with van der Waals surface area (Å²) < 4.78 is 38.4. The van der Waals surface area contributed by atoms with Gasteiger partial charge in [-0.25, -0.2) is 17.1 Å². The predicted octanol–water partition coefficient (Wildman–Crippen LogP) is 1.44. The summed E-state index contributed by atoms with van der Waals surface area (Å²) in [7, 11) is -2.32. The second kappa shape index (κ2) is 4.80. The van der Waals surface area contributed by atoms with Crippen LogP contribution in [0.1, 0.15) is 13.3 Å². The molecule has 1 rings (SSSR count). The van der Waals surface area contributed by atoms with Crippen LogP contribution in [0.5, 0.6) is 0 Å². The summed E-state index contributed by atoms with van der Waals surface area (Å²) in [4.78, 5) is -0.336. The minimum atomic E-state index is -3.75. The molecule has 90 valence electrons. The fourth-order valence-corrected chi connectivity index (χ4v) is 2.63. The lowest BCUT2D eigenvalue weighted by Gasteiger charge is -2.16. The molecule has 0 heterocycles. The van der Waals surface area contributed by atoms with E-state index in [-0.39, 0.29) is 10.6 Å². The summed E-state index contributed by atoms with van der Waals surface area (Å²) in [5.41, 5.74) is 5.56. The van der Waals surface area contributed by atoms with Crippen LogP contribution in [0.25, 0.3) is 0 Å². The number of sulfonamides is 1. The Balaban J connectivity index is 3.17. The van der Waals surface area contributed by atoms with Gasteiger partial charge in [0.05, 0.1) is 0 Å². The third kappa shape index (κ3) is 2.51. The van der Waals surface area contributed by atoms with Crippen molar-refractivity contribution < 1.29 is 12.8 Å². The fourth-order valence-electron chi connectivity index (χ4n) is 1.33. The minimum absolute atomic E-state index is 0.203. The van der Waals surface area contributed by atoms with Gasteiger partial charge in [0.25, 0.3) is 0 Å². The van der Waals surface area contributed by atoms with E-state index in [1.807, 2.05) is 6.92 Å². The van der Waals surface area contributed by atoms with Crippen LogP contribution in [0.4, 0.5) is 10.1 Å². The van der Waals surface area contributed by atoms with Gasteiger partial charge in [0.15, 0.2) is 0 Å². The number of hydrogen-bond donors (Lipinski definition) is 1. The lowest BCUT2D eigenvalue weighted by atomic mass is 10.3. The number of rotatable bonds is 4. The number of halogens is 1. The molecule has 0 saturated heterocycles. The van der Waals surface area contributed by atoms with E-state index >= 15 is 0 Å². The maximum Gasteiger partial charge on any atom is 0.245 e. The van der Waals surface area contributed by atoms with Crippen molar-refractivity contribution in [2.24, 2.45) is 0 Å². The van der Waals surface area contributed by atoms with Crippen LogP contribution >= 0.6 is 0 Å². The summed E-state index contributed by atoms with van der Waals surface area (Å²) in [5, 5.41) is 0. The molecule has 0 aliphatic rings. The topological polar surface area (TPSA) is 63.4 Å². The first-order chi connectivity index (χ1) is 7.39. The second-order valence-corrected chi connectivity index (χ2v) is 5.53. The van der Waals surface area contributed by atoms with Crippen molar-refractivity contribution in [1.29, 1.82) is 0 Å². The average Bonchev–Trinajstić information content (AvgIpc) is 2.17. The molecule has 0 bridgehead atoms. The van der Waals surface area contributed by atoms with Gasteiger partial charge in [0.1, 0.15) is 10.7 Å². The van der Waals surface area contributed by atoms with Gasteiger partial charge in [0, 0.05) is 19.3 Å². The Morgan fingerprint density at radius 3 is 2.56 bits per heavy atom. The molecule has 0 spiro atoms. The second-order valence-electron chi connectivity index (χ2n) is 3.52. The zero-order valence-electron chi connectivity index (χ0n) is 9.27. The maximum atomic E-state index is 13.5. The Morgan fingerprint density at radius 1 is 1.44 bits per heavy atom. The monoisotopic (exact) mass is 246 g/mol. The number of nitrogens with two attached hydrogens (primary N) is 1. The molecule has 0 unspecified atom stereocenters.